The second-order valence-corrected chi connectivity index (χ2v) is 5.56. The predicted molar refractivity (Wildman–Crippen MR) is 90.3 cm³/mol. The third-order valence-corrected chi connectivity index (χ3v) is 3.85. The number of hydrogen-bond acceptors (Lipinski definition) is 2. The van der Waals surface area contributed by atoms with E-state index in [2.05, 4.69) is 22.9 Å². The summed E-state index contributed by atoms with van der Waals surface area (Å²) in [4.78, 5) is 12.4. The number of nitrogens with one attached hydrogen (secondary N) is 1. The molecule has 0 saturated carbocycles. The van der Waals surface area contributed by atoms with E-state index in [4.69, 9.17) is 4.74 Å². The highest BCUT2D eigenvalue weighted by Gasteiger charge is 2.14. The van der Waals surface area contributed by atoms with Gasteiger partial charge < -0.3 is 14.6 Å². The molecule has 0 saturated heterocycles. The molecule has 0 radical (unpaired) electrons. The summed E-state index contributed by atoms with van der Waals surface area (Å²) in [5.74, 6) is 0.00143. The van der Waals surface area contributed by atoms with Crippen LogP contribution in [0, 0.1) is 0 Å². The number of benzene rings is 1. The van der Waals surface area contributed by atoms with Crippen LogP contribution >= 0.6 is 0 Å². The van der Waals surface area contributed by atoms with Crippen molar-refractivity contribution in [2.75, 3.05) is 20.3 Å². The Labute approximate surface area is 132 Å². The van der Waals surface area contributed by atoms with Crippen LogP contribution in [0.2, 0.25) is 0 Å². The average molecular weight is 302 g/mol. The zero-order valence-corrected chi connectivity index (χ0v) is 13.6. The van der Waals surface area contributed by atoms with Gasteiger partial charge in [0.1, 0.15) is 0 Å². The van der Waals surface area contributed by atoms with Crippen LogP contribution in [0.5, 0.6) is 0 Å². The Hall–Kier alpha value is -1.81. The largest absolute Gasteiger partial charge is 0.385 e. The summed E-state index contributed by atoms with van der Waals surface area (Å²) >= 11 is 0. The first-order valence-corrected chi connectivity index (χ1v) is 8.13. The molecular formula is C18H26N2O2. The van der Waals surface area contributed by atoms with Gasteiger partial charge in [-0.25, -0.2) is 0 Å². The lowest BCUT2D eigenvalue weighted by atomic mass is 10.1. The minimum atomic E-state index is 0.00143. The molecule has 2 rings (SSSR count). The third-order valence-electron chi connectivity index (χ3n) is 3.85. The molecule has 0 aliphatic heterocycles. The third kappa shape index (κ3) is 4.10. The zero-order chi connectivity index (χ0) is 15.8. The molecule has 0 unspecified atom stereocenters. The molecule has 120 valence electrons. The Balaban J connectivity index is 2.13. The number of para-hydroxylation sites is 1. The second kappa shape index (κ2) is 8.59. The topological polar surface area (TPSA) is 43.3 Å². The summed E-state index contributed by atoms with van der Waals surface area (Å²) in [7, 11) is 1.67. The van der Waals surface area contributed by atoms with Crippen molar-refractivity contribution in [3.63, 3.8) is 0 Å². The van der Waals surface area contributed by atoms with Crippen LogP contribution in [-0.4, -0.2) is 30.7 Å². The fourth-order valence-corrected chi connectivity index (χ4v) is 2.66. The minimum Gasteiger partial charge on any atom is -0.385 e. The van der Waals surface area contributed by atoms with Crippen LogP contribution in [0.25, 0.3) is 10.9 Å². The van der Waals surface area contributed by atoms with Crippen LogP contribution in [-0.2, 0) is 11.3 Å². The predicted octanol–water partition coefficient (Wildman–Crippen LogP) is 3.60. The molecule has 4 heteroatoms. The van der Waals surface area contributed by atoms with E-state index in [1.54, 1.807) is 7.11 Å². The maximum absolute atomic E-state index is 12.4. The van der Waals surface area contributed by atoms with E-state index in [0.29, 0.717) is 13.2 Å². The number of aryl methyl sites for hydroxylation is 1. The van der Waals surface area contributed by atoms with Crippen LogP contribution < -0.4 is 5.32 Å². The van der Waals surface area contributed by atoms with Gasteiger partial charge in [-0.2, -0.15) is 0 Å². The number of fused-ring (bicyclic) bond motifs is 1. The highest BCUT2D eigenvalue weighted by Crippen LogP contribution is 2.22. The van der Waals surface area contributed by atoms with Crippen LogP contribution in [0.4, 0.5) is 0 Å². The molecule has 0 atom stereocenters. The molecule has 0 fully saturated rings. The van der Waals surface area contributed by atoms with Gasteiger partial charge in [0.15, 0.2) is 0 Å². The van der Waals surface area contributed by atoms with Crippen molar-refractivity contribution in [2.24, 2.45) is 0 Å². The lowest BCUT2D eigenvalue weighted by Crippen LogP contribution is -2.25. The van der Waals surface area contributed by atoms with Gasteiger partial charge in [-0.3, -0.25) is 4.79 Å². The Kier molecular flexibility index (Phi) is 6.46. The number of amides is 1. The Bertz CT molecular complexity index is 604. The molecule has 0 bridgehead atoms. The molecule has 1 amide bonds. The summed E-state index contributed by atoms with van der Waals surface area (Å²) in [6, 6.07) is 8.12. The van der Waals surface area contributed by atoms with Gasteiger partial charge in [0.2, 0.25) is 0 Å². The van der Waals surface area contributed by atoms with Crippen molar-refractivity contribution in [2.45, 2.75) is 39.2 Å². The van der Waals surface area contributed by atoms with Gasteiger partial charge in [0.05, 0.1) is 5.56 Å². The lowest BCUT2D eigenvalue weighted by Gasteiger charge is -2.04. The number of carbonyl (C=O) groups is 1. The SMILES string of the molecule is CCCCCn1cc(C(=O)NCCCOC)c2ccccc21. The number of carbonyl (C=O) groups excluding carboxylic acids is 1. The van der Waals surface area contributed by atoms with Gasteiger partial charge in [0.25, 0.3) is 5.91 Å². The molecule has 1 aromatic heterocycles. The van der Waals surface area contributed by atoms with Crippen molar-refractivity contribution >= 4 is 16.8 Å². The van der Waals surface area contributed by atoms with Gasteiger partial charge in [0, 0.05) is 43.9 Å². The molecule has 1 aromatic carbocycles. The quantitative estimate of drug-likeness (QED) is 0.719. The first-order valence-electron chi connectivity index (χ1n) is 8.13. The van der Waals surface area contributed by atoms with Crippen molar-refractivity contribution < 1.29 is 9.53 Å². The molecule has 4 nitrogen and oxygen atoms in total. The maximum Gasteiger partial charge on any atom is 0.253 e. The fraction of sp³-hybridized carbons (Fsp3) is 0.500. The first-order chi connectivity index (χ1) is 10.8. The first kappa shape index (κ1) is 16.6. The molecular weight excluding hydrogens is 276 g/mol. The normalized spacial score (nSPS) is 11.0. The molecule has 0 aliphatic carbocycles. The number of nitrogens with zero attached hydrogens (tertiary/aromatic N) is 1. The summed E-state index contributed by atoms with van der Waals surface area (Å²) in [5.41, 5.74) is 1.91. The van der Waals surface area contributed by atoms with E-state index in [1.165, 1.54) is 12.8 Å². The molecule has 1 heterocycles. The number of aromatic nitrogens is 1. The molecule has 1 N–H and O–H groups in total. The fourth-order valence-electron chi connectivity index (χ4n) is 2.66. The summed E-state index contributed by atoms with van der Waals surface area (Å²) in [5, 5.41) is 4.01. The van der Waals surface area contributed by atoms with Crippen molar-refractivity contribution in [1.29, 1.82) is 0 Å². The number of unbranched alkanes of at least 4 members (excludes halogenated alkanes) is 2. The number of hydrogen-bond donors (Lipinski definition) is 1. The Morgan fingerprint density at radius 1 is 1.23 bits per heavy atom. The van der Waals surface area contributed by atoms with Gasteiger partial charge in [-0.1, -0.05) is 38.0 Å². The van der Waals surface area contributed by atoms with Crippen molar-refractivity contribution in [3.8, 4) is 0 Å². The van der Waals surface area contributed by atoms with Gasteiger partial charge in [-0.05, 0) is 18.9 Å². The van der Waals surface area contributed by atoms with Crippen molar-refractivity contribution in [1.82, 2.24) is 9.88 Å². The maximum atomic E-state index is 12.4. The smallest absolute Gasteiger partial charge is 0.253 e. The van der Waals surface area contributed by atoms with Crippen LogP contribution in [0.15, 0.2) is 30.5 Å². The number of ether oxygens (including phenoxy) is 1. The van der Waals surface area contributed by atoms with Gasteiger partial charge in [-0.15, -0.1) is 0 Å². The van der Waals surface area contributed by atoms with E-state index in [9.17, 15) is 4.79 Å². The summed E-state index contributed by atoms with van der Waals surface area (Å²) in [6.07, 6.45) is 6.38. The number of methoxy groups -OCH3 is 1. The molecule has 0 spiro atoms. The Morgan fingerprint density at radius 3 is 2.82 bits per heavy atom. The standard InChI is InChI=1S/C18H26N2O2/c1-3-4-7-12-20-14-16(15-9-5-6-10-17(15)20)18(21)19-11-8-13-22-2/h5-6,9-10,14H,3-4,7-8,11-13H2,1-2H3,(H,19,21). The highest BCUT2D eigenvalue weighted by molar-refractivity contribution is 6.06. The van der Waals surface area contributed by atoms with Crippen molar-refractivity contribution in [3.05, 3.63) is 36.0 Å². The van der Waals surface area contributed by atoms with E-state index < -0.39 is 0 Å². The Morgan fingerprint density at radius 2 is 2.05 bits per heavy atom. The van der Waals surface area contributed by atoms with E-state index in [-0.39, 0.29) is 5.91 Å². The zero-order valence-electron chi connectivity index (χ0n) is 13.6. The van der Waals surface area contributed by atoms with Crippen LogP contribution in [0.3, 0.4) is 0 Å². The number of rotatable bonds is 9. The molecule has 22 heavy (non-hydrogen) atoms. The molecule has 0 aliphatic rings. The van der Waals surface area contributed by atoms with Crippen LogP contribution in [0.1, 0.15) is 43.0 Å². The molecule has 2 aromatic rings. The summed E-state index contributed by atoms with van der Waals surface area (Å²) < 4.78 is 7.21. The van der Waals surface area contributed by atoms with E-state index in [1.807, 2.05) is 24.4 Å². The highest BCUT2D eigenvalue weighted by atomic mass is 16.5. The second-order valence-electron chi connectivity index (χ2n) is 5.56. The van der Waals surface area contributed by atoms with E-state index in [0.717, 1.165) is 35.9 Å². The minimum absolute atomic E-state index is 0.00143. The summed E-state index contributed by atoms with van der Waals surface area (Å²) in [6.45, 7) is 4.47. The van der Waals surface area contributed by atoms with Gasteiger partial charge >= 0.3 is 0 Å². The van der Waals surface area contributed by atoms with E-state index >= 15 is 0 Å². The average Bonchev–Trinajstić information content (AvgIpc) is 2.91. The lowest BCUT2D eigenvalue weighted by molar-refractivity contribution is 0.0950. The monoisotopic (exact) mass is 302 g/mol.